The number of likely N-dealkylation sites (tertiary alicyclic amines) is 1. The minimum absolute atomic E-state index is 0.250. The molecule has 1 saturated heterocycles. The number of urea groups is 1. The van der Waals surface area contributed by atoms with Crippen LogP contribution in [0.15, 0.2) is 16.8 Å². The zero-order chi connectivity index (χ0) is 32.1. The van der Waals surface area contributed by atoms with Crippen LogP contribution in [0.1, 0.15) is 90.5 Å². The van der Waals surface area contributed by atoms with Gasteiger partial charge >= 0.3 is 6.03 Å². The fourth-order valence-electron chi connectivity index (χ4n) is 6.17. The Morgan fingerprint density at radius 1 is 1.02 bits per heavy atom. The lowest BCUT2D eigenvalue weighted by Gasteiger charge is -2.39. The van der Waals surface area contributed by atoms with Gasteiger partial charge < -0.3 is 31.9 Å². The number of ketones is 1. The van der Waals surface area contributed by atoms with E-state index >= 15 is 0 Å². The van der Waals surface area contributed by atoms with Crippen molar-refractivity contribution < 1.29 is 28.8 Å². The van der Waals surface area contributed by atoms with Crippen LogP contribution >= 0.6 is 11.3 Å². The highest BCUT2D eigenvalue weighted by atomic mass is 32.1. The van der Waals surface area contributed by atoms with Gasteiger partial charge in [0.2, 0.25) is 23.5 Å². The van der Waals surface area contributed by atoms with E-state index in [9.17, 15) is 28.8 Å². The molecule has 0 aromatic carbocycles. The molecule has 242 valence electrons. The van der Waals surface area contributed by atoms with Crippen LogP contribution in [0.3, 0.4) is 0 Å². The summed E-state index contributed by atoms with van der Waals surface area (Å²) in [7, 11) is 0. The number of hydrogen-bond donors (Lipinski definition) is 5. The first kappa shape index (κ1) is 33.4. The van der Waals surface area contributed by atoms with Crippen molar-refractivity contribution in [1.29, 1.82) is 0 Å². The van der Waals surface area contributed by atoms with Crippen LogP contribution in [-0.2, 0) is 30.5 Å². The summed E-state index contributed by atoms with van der Waals surface area (Å²) < 4.78 is 0. The number of nitrogens with one attached hydrogen (secondary N) is 4. The van der Waals surface area contributed by atoms with E-state index < -0.39 is 58.6 Å². The van der Waals surface area contributed by atoms with Gasteiger partial charge in [-0.1, -0.05) is 52.9 Å². The topological polar surface area (TPSA) is 180 Å². The Morgan fingerprint density at radius 3 is 2.32 bits per heavy atom. The highest BCUT2D eigenvalue weighted by molar-refractivity contribution is 7.07. The molecule has 6 N–H and O–H groups in total. The predicted octanol–water partition coefficient (Wildman–Crippen LogP) is 2.11. The second-order valence-electron chi connectivity index (χ2n) is 13.5. The van der Waals surface area contributed by atoms with Crippen molar-refractivity contribution >= 4 is 46.8 Å². The number of nitrogens with two attached hydrogens (primary N) is 1. The second-order valence-corrected chi connectivity index (χ2v) is 14.3. The maximum atomic E-state index is 14.0. The van der Waals surface area contributed by atoms with Crippen LogP contribution < -0.4 is 27.0 Å². The van der Waals surface area contributed by atoms with Gasteiger partial charge in [0.1, 0.15) is 17.6 Å². The summed E-state index contributed by atoms with van der Waals surface area (Å²) in [6.45, 7) is 6.13. The van der Waals surface area contributed by atoms with Crippen LogP contribution in [0.4, 0.5) is 4.79 Å². The van der Waals surface area contributed by atoms with Gasteiger partial charge in [-0.15, -0.1) is 0 Å². The molecule has 1 aliphatic heterocycles. The van der Waals surface area contributed by atoms with E-state index in [2.05, 4.69) is 21.3 Å². The Bertz CT molecular complexity index is 1230. The van der Waals surface area contributed by atoms with Gasteiger partial charge in [-0.05, 0) is 65.8 Å². The van der Waals surface area contributed by atoms with E-state index in [4.69, 9.17) is 5.73 Å². The smallest absolute Gasteiger partial charge is 0.316 e. The molecular weight excluding hydrogens is 584 g/mol. The second kappa shape index (κ2) is 14.1. The van der Waals surface area contributed by atoms with Crippen LogP contribution in [0.5, 0.6) is 0 Å². The third kappa shape index (κ3) is 8.36. The lowest BCUT2D eigenvalue weighted by Crippen LogP contribution is -2.65. The molecular formula is C31H46N6O6S. The van der Waals surface area contributed by atoms with E-state index in [-0.39, 0.29) is 11.8 Å². The van der Waals surface area contributed by atoms with Crippen molar-refractivity contribution in [2.75, 3.05) is 6.54 Å². The van der Waals surface area contributed by atoms with E-state index in [1.54, 1.807) is 11.3 Å². The van der Waals surface area contributed by atoms with Crippen molar-refractivity contribution in [3.8, 4) is 0 Å². The summed E-state index contributed by atoms with van der Waals surface area (Å²) in [5, 5.41) is 15.3. The Kier molecular flexibility index (Phi) is 10.7. The monoisotopic (exact) mass is 630 g/mol. The molecule has 6 amide bonds. The number of primary amides is 1. The molecule has 2 saturated carbocycles. The fourth-order valence-corrected chi connectivity index (χ4v) is 6.84. The summed E-state index contributed by atoms with van der Waals surface area (Å²) in [6, 6.07) is -1.56. The van der Waals surface area contributed by atoms with Gasteiger partial charge in [0, 0.05) is 13.1 Å². The Morgan fingerprint density at radius 2 is 1.73 bits per heavy atom. The van der Waals surface area contributed by atoms with Gasteiger partial charge in [0.05, 0.1) is 6.04 Å². The lowest BCUT2D eigenvalue weighted by atomic mass is 9.80. The molecule has 44 heavy (non-hydrogen) atoms. The van der Waals surface area contributed by atoms with Crippen molar-refractivity contribution in [2.24, 2.45) is 17.1 Å². The first-order valence-electron chi connectivity index (χ1n) is 15.6. The zero-order valence-corrected chi connectivity index (χ0v) is 26.7. The van der Waals surface area contributed by atoms with Crippen molar-refractivity contribution in [2.45, 2.75) is 115 Å². The summed E-state index contributed by atoms with van der Waals surface area (Å²) in [5.74, 6) is -2.89. The lowest BCUT2D eigenvalue weighted by molar-refractivity contribution is -0.143. The highest BCUT2D eigenvalue weighted by Crippen LogP contribution is 2.34. The SMILES string of the molecule is CC(C)(C)C(NC(=O)NC1(C(=O)NCc2ccsc2)CCCCC1)C(=O)N1CCC[C@H]1C(=O)NC(CC1CC1)C(=O)C(N)=O. The third-order valence-electron chi connectivity index (χ3n) is 8.90. The summed E-state index contributed by atoms with van der Waals surface area (Å²) in [5.41, 5.74) is 4.40. The van der Waals surface area contributed by atoms with E-state index in [0.29, 0.717) is 45.2 Å². The first-order valence-corrected chi connectivity index (χ1v) is 16.6. The molecule has 13 heteroatoms. The number of carbonyl (C=O) groups excluding carboxylic acids is 6. The van der Waals surface area contributed by atoms with Crippen LogP contribution in [-0.4, -0.2) is 70.6 Å². The number of thiophene rings is 1. The molecule has 1 aromatic heterocycles. The number of rotatable bonds is 12. The summed E-state index contributed by atoms with van der Waals surface area (Å²) in [6.07, 6.45) is 6.66. The summed E-state index contributed by atoms with van der Waals surface area (Å²) >= 11 is 1.54. The fraction of sp³-hybridized carbons (Fsp3) is 0.677. The van der Waals surface area contributed by atoms with Gasteiger partial charge in [0.25, 0.3) is 5.91 Å². The number of Topliss-reactive ketones (excluding diaryl/α,β-unsaturated/α-hetero) is 1. The minimum atomic E-state index is -1.10. The third-order valence-corrected chi connectivity index (χ3v) is 9.63. The molecule has 3 aliphatic rings. The number of amides is 6. The highest BCUT2D eigenvalue weighted by Gasteiger charge is 2.45. The standard InChI is InChI=1S/C31H46N6O6S/c1-30(2,3)24(35-29(43)36-31(12-5-4-6-13-31)28(42)33-17-20-11-15-44-18-20)27(41)37-14-7-8-22(37)26(40)34-21(16-19-9-10-19)23(38)25(32)39/h11,15,18-19,21-22,24H,4-10,12-14,16-17H2,1-3H3,(H2,32,39)(H,33,42)(H,34,40)(H2,35,36,43)/t21?,22-,24?/m0/s1. The van der Waals surface area contributed by atoms with Gasteiger partial charge in [-0.3, -0.25) is 24.0 Å². The maximum absolute atomic E-state index is 14.0. The molecule has 3 atom stereocenters. The quantitative estimate of drug-likeness (QED) is 0.221. The van der Waals surface area contributed by atoms with E-state index in [1.807, 2.05) is 37.6 Å². The Hall–Kier alpha value is -3.48. The van der Waals surface area contributed by atoms with Crippen molar-refractivity contribution in [1.82, 2.24) is 26.2 Å². The van der Waals surface area contributed by atoms with Gasteiger partial charge in [0.15, 0.2) is 0 Å². The molecule has 2 unspecified atom stereocenters. The molecule has 3 fully saturated rings. The largest absolute Gasteiger partial charge is 0.363 e. The van der Waals surface area contributed by atoms with Crippen LogP contribution in [0, 0.1) is 11.3 Å². The Labute approximate surface area is 262 Å². The molecule has 0 spiro atoms. The average molecular weight is 631 g/mol. The molecule has 4 rings (SSSR count). The molecule has 1 aromatic rings. The predicted molar refractivity (Wildman–Crippen MR) is 165 cm³/mol. The first-order chi connectivity index (χ1) is 20.8. The number of nitrogens with zero attached hydrogens (tertiary/aromatic N) is 1. The molecule has 0 radical (unpaired) electrons. The average Bonchev–Trinajstić information content (AvgIpc) is 3.41. The van der Waals surface area contributed by atoms with Crippen molar-refractivity contribution in [3.05, 3.63) is 22.4 Å². The maximum Gasteiger partial charge on any atom is 0.316 e. The van der Waals surface area contributed by atoms with E-state index in [0.717, 1.165) is 37.7 Å². The van der Waals surface area contributed by atoms with Gasteiger partial charge in [-0.25, -0.2) is 4.79 Å². The van der Waals surface area contributed by atoms with Crippen LogP contribution in [0.25, 0.3) is 0 Å². The molecule has 0 bridgehead atoms. The molecule has 2 aliphatic carbocycles. The van der Waals surface area contributed by atoms with E-state index in [1.165, 1.54) is 4.90 Å². The number of hydrogen-bond acceptors (Lipinski definition) is 7. The zero-order valence-electron chi connectivity index (χ0n) is 25.9. The van der Waals surface area contributed by atoms with Crippen LogP contribution in [0.2, 0.25) is 0 Å². The van der Waals surface area contributed by atoms with Gasteiger partial charge in [-0.2, -0.15) is 11.3 Å². The van der Waals surface area contributed by atoms with Crippen molar-refractivity contribution in [3.63, 3.8) is 0 Å². The minimum Gasteiger partial charge on any atom is -0.363 e. The normalized spacial score (nSPS) is 21.1. The molecule has 12 nitrogen and oxygen atoms in total. The number of carbonyl (C=O) groups is 6. The summed E-state index contributed by atoms with van der Waals surface area (Å²) in [4.78, 5) is 79.7. The molecule has 2 heterocycles. The Balaban J connectivity index is 1.44.